The molecule has 1 amide bonds. The van der Waals surface area contributed by atoms with E-state index in [1.54, 1.807) is 14.2 Å². The van der Waals surface area contributed by atoms with E-state index >= 15 is 0 Å². The van der Waals surface area contributed by atoms with Crippen LogP contribution >= 0.6 is 0 Å². The number of carbonyl (C=O) groups is 1. The molecule has 134 valence electrons. The second kappa shape index (κ2) is 6.95. The van der Waals surface area contributed by atoms with Gasteiger partial charge in [-0.25, -0.2) is 18.1 Å². The van der Waals surface area contributed by atoms with Crippen LogP contribution in [0.25, 0.3) is 0 Å². The molecule has 1 aromatic heterocycles. The number of amides is 1. The van der Waals surface area contributed by atoms with Crippen LogP contribution in [0.4, 0.5) is 5.69 Å². The number of carbonyl (C=O) groups excluding carboxylic acids is 1. The van der Waals surface area contributed by atoms with Gasteiger partial charge in [0.1, 0.15) is 0 Å². The molecule has 0 spiro atoms. The van der Waals surface area contributed by atoms with Crippen LogP contribution in [0.2, 0.25) is 0 Å². The Hall–Kier alpha value is -2.23. The van der Waals surface area contributed by atoms with Gasteiger partial charge in [0.25, 0.3) is 10.0 Å². The molecule has 1 unspecified atom stereocenters. The molecule has 0 fully saturated rings. The molecule has 8 nitrogen and oxygen atoms in total. The molecule has 3 rings (SSSR count). The van der Waals surface area contributed by atoms with E-state index in [1.807, 2.05) is 18.2 Å². The molecule has 0 saturated carbocycles. The normalized spacial score (nSPS) is 16.6. The summed E-state index contributed by atoms with van der Waals surface area (Å²) in [5, 5.41) is 2.58. The number of fused-ring (bicyclic) bond motifs is 1. The van der Waals surface area contributed by atoms with E-state index in [4.69, 9.17) is 4.74 Å². The van der Waals surface area contributed by atoms with E-state index in [9.17, 15) is 13.2 Å². The molecular weight excluding hydrogens is 344 g/mol. The minimum absolute atomic E-state index is 0.120. The number of aryl methyl sites for hydroxylation is 1. The van der Waals surface area contributed by atoms with Crippen LogP contribution in [0, 0.1) is 0 Å². The molecule has 1 heterocycles. The van der Waals surface area contributed by atoms with Crippen LogP contribution in [-0.2, 0) is 39.4 Å². The molecule has 2 aromatic rings. The number of ether oxygens (including phenoxy) is 1. The Morgan fingerprint density at radius 3 is 2.80 bits per heavy atom. The maximum atomic E-state index is 12.0. The van der Waals surface area contributed by atoms with Crippen molar-refractivity contribution in [1.29, 1.82) is 0 Å². The van der Waals surface area contributed by atoms with Gasteiger partial charge in [-0.1, -0.05) is 6.07 Å². The van der Waals surface area contributed by atoms with Crippen LogP contribution < -0.4 is 10.0 Å². The monoisotopic (exact) mass is 364 g/mol. The molecule has 0 bridgehead atoms. The first kappa shape index (κ1) is 17.6. The summed E-state index contributed by atoms with van der Waals surface area (Å²) in [5.41, 5.74) is 2.98. The molecule has 1 aliphatic rings. The van der Waals surface area contributed by atoms with Gasteiger partial charge in [0, 0.05) is 26.0 Å². The molecule has 1 aliphatic carbocycles. The molecule has 9 heteroatoms. The van der Waals surface area contributed by atoms with Crippen molar-refractivity contribution in [3.63, 3.8) is 0 Å². The maximum Gasteiger partial charge on any atom is 0.260 e. The van der Waals surface area contributed by atoms with Crippen molar-refractivity contribution >= 4 is 21.6 Å². The molecule has 0 aliphatic heterocycles. The molecule has 0 saturated heterocycles. The Morgan fingerprint density at radius 1 is 1.36 bits per heavy atom. The zero-order chi connectivity index (χ0) is 18.0. The number of sulfonamides is 1. The second-order valence-electron chi connectivity index (χ2n) is 6.00. The highest BCUT2D eigenvalue weighted by Gasteiger charge is 2.22. The van der Waals surface area contributed by atoms with E-state index in [-0.39, 0.29) is 17.7 Å². The molecule has 1 aromatic carbocycles. The third-order valence-electron chi connectivity index (χ3n) is 4.10. The van der Waals surface area contributed by atoms with Crippen molar-refractivity contribution in [2.24, 2.45) is 7.05 Å². The summed E-state index contributed by atoms with van der Waals surface area (Å²) >= 11 is 0. The first-order valence-corrected chi connectivity index (χ1v) is 9.28. The van der Waals surface area contributed by atoms with Gasteiger partial charge in [-0.3, -0.25) is 4.79 Å². The van der Waals surface area contributed by atoms with Crippen molar-refractivity contribution in [3.8, 4) is 0 Å². The zero-order valence-corrected chi connectivity index (χ0v) is 14.8. The first-order valence-electron chi connectivity index (χ1n) is 7.79. The summed E-state index contributed by atoms with van der Waals surface area (Å²) in [4.78, 5) is 15.8. The second-order valence-corrected chi connectivity index (χ2v) is 7.71. The summed E-state index contributed by atoms with van der Waals surface area (Å²) in [6.07, 6.45) is 4.59. The predicted octanol–water partition coefficient (Wildman–Crippen LogP) is 0.451. The summed E-state index contributed by atoms with van der Waals surface area (Å²) in [6, 6.07) is 5.67. The van der Waals surface area contributed by atoms with E-state index in [2.05, 4.69) is 15.0 Å². The number of anilines is 1. The minimum Gasteiger partial charge on any atom is -0.381 e. The molecule has 1 atom stereocenters. The zero-order valence-electron chi connectivity index (χ0n) is 14.0. The van der Waals surface area contributed by atoms with Gasteiger partial charge in [-0.05, 0) is 36.1 Å². The molecular formula is C16H20N4O4S. The fraction of sp³-hybridized carbons (Fsp3) is 0.375. The molecule has 2 N–H and O–H groups in total. The summed E-state index contributed by atoms with van der Waals surface area (Å²) in [6.45, 7) is -0.364. The Labute approximate surface area is 146 Å². The topological polar surface area (TPSA) is 102 Å². The maximum absolute atomic E-state index is 12.0. The summed E-state index contributed by atoms with van der Waals surface area (Å²) in [5.74, 6) is -0.444. The van der Waals surface area contributed by atoms with Crippen molar-refractivity contribution in [2.75, 3.05) is 19.0 Å². The third kappa shape index (κ3) is 4.06. The first-order chi connectivity index (χ1) is 11.9. The Morgan fingerprint density at radius 2 is 2.12 bits per heavy atom. The number of benzene rings is 1. The average molecular weight is 364 g/mol. The number of imidazole rings is 1. The third-order valence-corrected chi connectivity index (χ3v) is 5.38. The van der Waals surface area contributed by atoms with Gasteiger partial charge >= 0.3 is 0 Å². The SMILES string of the molecule is COC1Cc2ccc(NC(=O)CNS(=O)(=O)c3cn(C)cn3)cc2C1. The van der Waals surface area contributed by atoms with Gasteiger partial charge in [0.15, 0.2) is 5.03 Å². The van der Waals surface area contributed by atoms with Crippen LogP contribution in [0.1, 0.15) is 11.1 Å². The minimum atomic E-state index is -3.81. The van der Waals surface area contributed by atoms with E-state index in [0.29, 0.717) is 5.69 Å². The smallest absolute Gasteiger partial charge is 0.260 e. The molecule has 0 radical (unpaired) electrons. The van der Waals surface area contributed by atoms with Crippen molar-refractivity contribution < 1.29 is 17.9 Å². The lowest BCUT2D eigenvalue weighted by Gasteiger charge is -2.08. The Kier molecular flexibility index (Phi) is 4.89. The van der Waals surface area contributed by atoms with Crippen LogP contribution in [-0.4, -0.2) is 43.6 Å². The fourth-order valence-electron chi connectivity index (χ4n) is 2.79. The van der Waals surface area contributed by atoms with Crippen LogP contribution in [0.15, 0.2) is 35.7 Å². The van der Waals surface area contributed by atoms with Crippen LogP contribution in [0.3, 0.4) is 0 Å². The quantitative estimate of drug-likeness (QED) is 0.775. The van der Waals surface area contributed by atoms with Gasteiger partial charge in [-0.2, -0.15) is 0 Å². The number of nitrogens with zero attached hydrogens (tertiary/aromatic N) is 2. The largest absolute Gasteiger partial charge is 0.381 e. The highest BCUT2D eigenvalue weighted by molar-refractivity contribution is 7.89. The number of hydrogen-bond donors (Lipinski definition) is 2. The highest BCUT2D eigenvalue weighted by Crippen LogP contribution is 2.26. The Bertz CT molecular complexity index is 891. The average Bonchev–Trinajstić information content (AvgIpc) is 3.19. The number of nitrogens with one attached hydrogen (secondary N) is 2. The number of rotatable bonds is 6. The van der Waals surface area contributed by atoms with Crippen LogP contribution in [0.5, 0.6) is 0 Å². The predicted molar refractivity (Wildman–Crippen MR) is 91.7 cm³/mol. The number of hydrogen-bond acceptors (Lipinski definition) is 5. The standard InChI is InChI=1S/C16H20N4O4S/c1-20-9-16(17-10-20)25(22,23)18-8-15(21)19-13-4-3-11-6-14(24-2)7-12(11)5-13/h3-5,9-10,14,18H,6-8H2,1-2H3,(H,19,21). The van der Waals surface area contributed by atoms with Gasteiger partial charge in [0.2, 0.25) is 5.91 Å². The van der Waals surface area contributed by atoms with Crippen molar-refractivity contribution in [2.45, 2.75) is 24.0 Å². The lowest BCUT2D eigenvalue weighted by Crippen LogP contribution is -2.33. The molecule has 25 heavy (non-hydrogen) atoms. The van der Waals surface area contributed by atoms with Gasteiger partial charge in [-0.15, -0.1) is 0 Å². The van der Waals surface area contributed by atoms with E-state index < -0.39 is 15.9 Å². The summed E-state index contributed by atoms with van der Waals surface area (Å²) in [7, 11) is -0.452. The van der Waals surface area contributed by atoms with Gasteiger partial charge < -0.3 is 14.6 Å². The fourth-order valence-corrected chi connectivity index (χ4v) is 3.75. The number of aromatic nitrogens is 2. The van der Waals surface area contributed by atoms with Crippen molar-refractivity contribution in [1.82, 2.24) is 14.3 Å². The Balaban J connectivity index is 1.58. The van der Waals surface area contributed by atoms with Crippen molar-refractivity contribution in [3.05, 3.63) is 41.9 Å². The summed E-state index contributed by atoms with van der Waals surface area (Å²) < 4.78 is 33.2. The lowest BCUT2D eigenvalue weighted by atomic mass is 10.1. The van der Waals surface area contributed by atoms with E-state index in [0.717, 1.165) is 18.4 Å². The lowest BCUT2D eigenvalue weighted by molar-refractivity contribution is -0.115. The highest BCUT2D eigenvalue weighted by atomic mass is 32.2. The van der Waals surface area contributed by atoms with E-state index in [1.165, 1.54) is 22.7 Å². The number of methoxy groups -OCH3 is 1. The van der Waals surface area contributed by atoms with Gasteiger partial charge in [0.05, 0.1) is 19.0 Å².